The second kappa shape index (κ2) is 11.3. The Bertz CT molecular complexity index is 949. The van der Waals surface area contributed by atoms with E-state index in [2.05, 4.69) is 15.1 Å². The molecule has 30 heavy (non-hydrogen) atoms. The van der Waals surface area contributed by atoms with Crippen molar-refractivity contribution in [1.29, 1.82) is 0 Å². The van der Waals surface area contributed by atoms with Gasteiger partial charge in [-0.05, 0) is 44.6 Å². The van der Waals surface area contributed by atoms with Crippen LogP contribution in [-0.2, 0) is 25.5 Å². The van der Waals surface area contributed by atoms with Crippen LogP contribution in [0.25, 0.3) is 16.4 Å². The van der Waals surface area contributed by atoms with Gasteiger partial charge >= 0.3 is 12.2 Å². The van der Waals surface area contributed by atoms with E-state index in [1.807, 2.05) is 36.7 Å². The van der Waals surface area contributed by atoms with Crippen molar-refractivity contribution in [3.05, 3.63) is 41.6 Å². The number of ether oxygens (including phenoxy) is 1. The van der Waals surface area contributed by atoms with E-state index in [4.69, 9.17) is 10.3 Å². The summed E-state index contributed by atoms with van der Waals surface area (Å²) in [5.74, 6) is -1.35. The summed E-state index contributed by atoms with van der Waals surface area (Å²) < 4.78 is 5.22. The highest BCUT2D eigenvalue weighted by Gasteiger charge is 2.28. The maximum atomic E-state index is 12.9. The van der Waals surface area contributed by atoms with Gasteiger partial charge in [-0.2, -0.15) is 16.6 Å². The van der Waals surface area contributed by atoms with Crippen LogP contribution in [0.2, 0.25) is 0 Å². The molecule has 160 valence electrons. The van der Waals surface area contributed by atoms with Crippen LogP contribution in [0.15, 0.2) is 30.5 Å². The predicted molar refractivity (Wildman–Crippen MR) is 116 cm³/mol. The molecular weight excluding hydrogens is 404 g/mol. The molecule has 1 aromatic heterocycles. The molecule has 2 aromatic rings. The van der Waals surface area contributed by atoms with Gasteiger partial charge in [0.15, 0.2) is 0 Å². The van der Waals surface area contributed by atoms with Crippen molar-refractivity contribution >= 4 is 46.5 Å². The van der Waals surface area contributed by atoms with E-state index in [9.17, 15) is 14.4 Å². The van der Waals surface area contributed by atoms with Crippen LogP contribution in [-0.4, -0.2) is 57.3 Å². The lowest BCUT2D eigenvalue weighted by Crippen LogP contribution is -2.46. The average Bonchev–Trinajstić information content (AvgIpc) is 3.11. The second-order valence-electron chi connectivity index (χ2n) is 7.08. The third-order valence-corrected chi connectivity index (χ3v) is 5.44. The maximum absolute atomic E-state index is 12.9. The van der Waals surface area contributed by atoms with Crippen LogP contribution >= 0.6 is 11.8 Å². The number of Topliss-reactive ketones (excluding diaryl/α,β-unsaturated/α-hetero) is 1. The molecule has 2 rings (SSSR count). The van der Waals surface area contributed by atoms with Gasteiger partial charge in [0.2, 0.25) is 11.7 Å². The number of nitrogens with zero attached hydrogens (tertiary/aromatic N) is 2. The van der Waals surface area contributed by atoms with E-state index in [1.165, 1.54) is 11.8 Å². The molecule has 0 radical (unpaired) electrons. The third-order valence-electron chi connectivity index (χ3n) is 4.49. The van der Waals surface area contributed by atoms with Gasteiger partial charge in [-0.15, -0.1) is 0 Å². The lowest BCUT2D eigenvalue weighted by molar-refractivity contribution is -0.151. The van der Waals surface area contributed by atoms with Crippen LogP contribution in [0, 0.1) is 0 Å². The van der Waals surface area contributed by atoms with Crippen molar-refractivity contribution in [3.63, 3.8) is 0 Å². The van der Waals surface area contributed by atoms with Crippen molar-refractivity contribution in [2.75, 3.05) is 6.26 Å². The molecule has 0 spiro atoms. The van der Waals surface area contributed by atoms with Crippen molar-refractivity contribution in [3.8, 4) is 0 Å². The van der Waals surface area contributed by atoms with Crippen LogP contribution in [0.4, 0.5) is 0 Å². The van der Waals surface area contributed by atoms with Gasteiger partial charge in [0.1, 0.15) is 6.04 Å². The number of rotatable bonds is 11. The van der Waals surface area contributed by atoms with E-state index in [0.29, 0.717) is 6.42 Å². The Kier molecular flexibility index (Phi) is 8.83. The van der Waals surface area contributed by atoms with Gasteiger partial charge in [0, 0.05) is 23.5 Å². The summed E-state index contributed by atoms with van der Waals surface area (Å²) in [7, 11) is 0. The summed E-state index contributed by atoms with van der Waals surface area (Å²) in [5.41, 5.74) is 10.5. The van der Waals surface area contributed by atoms with Crippen LogP contribution in [0.5, 0.6) is 0 Å². The highest BCUT2D eigenvalue weighted by atomic mass is 32.2. The molecule has 0 aliphatic carbocycles. The summed E-state index contributed by atoms with van der Waals surface area (Å²) in [6.07, 6.45) is 4.62. The molecule has 8 nitrogen and oxygen atoms in total. The molecule has 1 aromatic carbocycles. The lowest BCUT2D eigenvalue weighted by atomic mass is 10.1. The first kappa shape index (κ1) is 23.4. The molecule has 0 saturated heterocycles. The minimum atomic E-state index is -0.964. The normalized spacial score (nSPS) is 12.8. The molecule has 0 saturated carbocycles. The van der Waals surface area contributed by atoms with Gasteiger partial charge in [-0.1, -0.05) is 18.2 Å². The zero-order chi connectivity index (χ0) is 22.1. The van der Waals surface area contributed by atoms with E-state index >= 15 is 0 Å². The number of amides is 1. The number of thioether (sulfide) groups is 1. The van der Waals surface area contributed by atoms with Crippen LogP contribution < -0.4 is 5.32 Å². The number of ketones is 1. The summed E-state index contributed by atoms with van der Waals surface area (Å²) in [6, 6.07) is 6.88. The molecule has 0 aliphatic rings. The number of benzene rings is 1. The summed E-state index contributed by atoms with van der Waals surface area (Å²) in [5, 5.41) is 3.35. The Morgan fingerprint density at radius 1 is 1.30 bits per heavy atom. The fraction of sp³-hybridized carbons (Fsp3) is 0.429. The van der Waals surface area contributed by atoms with Gasteiger partial charge in [0.05, 0.1) is 11.4 Å². The average molecular weight is 431 g/mol. The Morgan fingerprint density at radius 3 is 2.70 bits per heavy atom. The molecular formula is C21H26N4O4S. The fourth-order valence-electron chi connectivity index (χ4n) is 3.03. The molecule has 0 fully saturated rings. The zero-order valence-corrected chi connectivity index (χ0v) is 18.1. The van der Waals surface area contributed by atoms with Crippen LogP contribution in [0.1, 0.15) is 32.3 Å². The Morgan fingerprint density at radius 2 is 2.03 bits per heavy atom. The highest BCUT2D eigenvalue weighted by Crippen LogP contribution is 2.22. The number of fused-ring (bicyclic) bond motifs is 1. The van der Waals surface area contributed by atoms with E-state index < -0.39 is 23.0 Å². The maximum Gasteiger partial charge on any atom is 0.328 e. The lowest BCUT2D eigenvalue weighted by Gasteiger charge is -2.21. The number of hydrogen-bond donors (Lipinski definition) is 2. The number of H-pyrrole nitrogens is 1. The number of nitrogens with one attached hydrogen (secondary N) is 2. The number of aromatic nitrogens is 1. The number of esters is 1. The first-order valence-electron chi connectivity index (χ1n) is 9.64. The standard InChI is InChI=1S/C21H26N4O4S/c1-13(2)29-21(28)18(9-8-15(26)12-24-22)25-20(27)19(30-3)10-14-11-23-17-7-5-4-6-16(14)17/h4-7,11-13,18-19,23H,8-10H2,1-3H3,(H,25,27)/t18-,19-/m0/s1. The van der Waals surface area contributed by atoms with Crippen molar-refractivity contribution in [2.24, 2.45) is 0 Å². The van der Waals surface area contributed by atoms with E-state index in [0.717, 1.165) is 22.7 Å². The first-order chi connectivity index (χ1) is 14.3. The Hall–Kier alpha value is -2.90. The zero-order valence-electron chi connectivity index (χ0n) is 17.3. The summed E-state index contributed by atoms with van der Waals surface area (Å²) >= 11 is 1.39. The topological polar surface area (TPSA) is 125 Å². The number of hydrogen-bond acceptors (Lipinski definition) is 5. The van der Waals surface area contributed by atoms with Gasteiger partial charge < -0.3 is 20.6 Å². The minimum Gasteiger partial charge on any atom is -0.461 e. The van der Waals surface area contributed by atoms with Crippen LogP contribution in [0.3, 0.4) is 0 Å². The summed E-state index contributed by atoms with van der Waals surface area (Å²) in [6.45, 7) is 3.42. The molecule has 0 bridgehead atoms. The predicted octanol–water partition coefficient (Wildman–Crippen LogP) is 2.53. The molecule has 1 heterocycles. The smallest absolute Gasteiger partial charge is 0.328 e. The SMILES string of the molecule is CS[C@@H](Cc1c[nH]c2ccccc12)C(=O)N[C@@H](CCC(=O)C=[N+]=[N-])C(=O)OC(C)C. The monoisotopic (exact) mass is 430 g/mol. The highest BCUT2D eigenvalue weighted by molar-refractivity contribution is 7.99. The van der Waals surface area contributed by atoms with Crippen molar-refractivity contribution in [1.82, 2.24) is 10.3 Å². The quantitative estimate of drug-likeness (QED) is 0.245. The molecule has 2 N–H and O–H groups in total. The van der Waals surface area contributed by atoms with Gasteiger partial charge in [-0.3, -0.25) is 9.59 Å². The molecule has 2 atom stereocenters. The van der Waals surface area contributed by atoms with Crippen molar-refractivity contribution < 1.29 is 23.9 Å². The van der Waals surface area contributed by atoms with E-state index in [1.54, 1.807) is 13.8 Å². The number of aromatic amines is 1. The Balaban J connectivity index is 2.10. The molecule has 9 heteroatoms. The number of carbonyl (C=O) groups is 3. The third kappa shape index (κ3) is 6.57. The first-order valence-corrected chi connectivity index (χ1v) is 10.9. The fourth-order valence-corrected chi connectivity index (χ4v) is 3.66. The second-order valence-corrected chi connectivity index (χ2v) is 8.12. The molecule has 1 amide bonds. The molecule has 0 aliphatic heterocycles. The minimum absolute atomic E-state index is 0.0519. The van der Waals surface area contributed by atoms with E-state index in [-0.39, 0.29) is 24.9 Å². The molecule has 0 unspecified atom stereocenters. The number of carbonyl (C=O) groups excluding carboxylic acids is 3. The van der Waals surface area contributed by atoms with Crippen molar-refractivity contribution in [2.45, 2.75) is 50.5 Å². The number of para-hydroxylation sites is 1. The van der Waals surface area contributed by atoms with Gasteiger partial charge in [0.25, 0.3) is 0 Å². The largest absolute Gasteiger partial charge is 0.461 e. The summed E-state index contributed by atoms with van der Waals surface area (Å²) in [4.78, 5) is 42.8. The Labute approximate surface area is 179 Å². The van der Waals surface area contributed by atoms with Gasteiger partial charge in [-0.25, -0.2) is 4.79 Å².